The highest BCUT2D eigenvalue weighted by molar-refractivity contribution is 6.10. The van der Waals surface area contributed by atoms with Gasteiger partial charge in [0.2, 0.25) is 0 Å². The maximum absolute atomic E-state index is 14.9. The van der Waals surface area contributed by atoms with Crippen molar-refractivity contribution in [1.29, 1.82) is 15.8 Å². The average Bonchev–Trinajstić information content (AvgIpc) is 3.75. The second-order valence-corrected chi connectivity index (χ2v) is 8.93. The first-order valence-corrected chi connectivity index (χ1v) is 11.5. The standard InChI is InChI=1S/C28H7F12N5/c1-5-15(29)19(33)11(20(34)16(5)30)6(2-41)9-10(7(3-42)12-21(35)25(39)28(45)26(40)22(12)36)13(9)27(44)14-23(37)17(31)8(4-43)18(32)24(14)38/h44-45H2,1H3. The summed E-state index contributed by atoms with van der Waals surface area (Å²) in [4.78, 5) is 0. The molecule has 0 saturated heterocycles. The van der Waals surface area contributed by atoms with Crippen LogP contribution in [0.4, 0.5) is 58.4 Å². The molecule has 0 radical (unpaired) electrons. The molecular weight excluding hydrogens is 634 g/mol. The quantitative estimate of drug-likeness (QED) is 0.142. The molecule has 3 aromatic carbocycles. The van der Waals surface area contributed by atoms with Crippen molar-refractivity contribution in [3.63, 3.8) is 0 Å². The lowest BCUT2D eigenvalue weighted by molar-refractivity contribution is 0.442. The van der Waals surface area contributed by atoms with Crippen LogP contribution in [0.25, 0.3) is 16.8 Å². The predicted molar refractivity (Wildman–Crippen MR) is 129 cm³/mol. The van der Waals surface area contributed by atoms with Gasteiger partial charge < -0.3 is 11.5 Å². The third-order valence-electron chi connectivity index (χ3n) is 6.61. The molecule has 1 saturated carbocycles. The summed E-state index contributed by atoms with van der Waals surface area (Å²) in [5.41, 5.74) is -8.37. The highest BCUT2D eigenvalue weighted by Crippen LogP contribution is 2.56. The summed E-state index contributed by atoms with van der Waals surface area (Å²) in [5, 5.41) is 28.3. The Bertz CT molecular complexity index is 1950. The van der Waals surface area contributed by atoms with Gasteiger partial charge in [0.1, 0.15) is 29.5 Å². The maximum atomic E-state index is 14.9. The lowest BCUT2D eigenvalue weighted by Crippen LogP contribution is -2.10. The van der Waals surface area contributed by atoms with E-state index < -0.39 is 137 Å². The first-order chi connectivity index (χ1) is 21.0. The molecule has 0 aliphatic heterocycles. The molecule has 0 spiro atoms. The van der Waals surface area contributed by atoms with Gasteiger partial charge in [-0.1, -0.05) is 0 Å². The minimum Gasteiger partial charge on any atom is -0.398 e. The van der Waals surface area contributed by atoms with Crippen molar-refractivity contribution in [2.45, 2.75) is 6.92 Å². The van der Waals surface area contributed by atoms with Gasteiger partial charge in [0.15, 0.2) is 69.8 Å². The van der Waals surface area contributed by atoms with E-state index in [1.807, 2.05) is 0 Å². The van der Waals surface area contributed by atoms with E-state index in [4.69, 9.17) is 16.7 Å². The molecule has 4 N–H and O–H groups in total. The summed E-state index contributed by atoms with van der Waals surface area (Å²) in [6, 6.07) is 2.92. The lowest BCUT2D eigenvalue weighted by Gasteiger charge is -2.09. The number of rotatable bonds is 3. The minimum absolute atomic E-state index is 0.578. The van der Waals surface area contributed by atoms with E-state index in [2.05, 4.69) is 0 Å². The number of nitrogen functional groups attached to an aromatic ring is 1. The summed E-state index contributed by atoms with van der Waals surface area (Å²) in [6.07, 6.45) is 0. The first kappa shape index (κ1) is 32.0. The van der Waals surface area contributed by atoms with Crippen molar-refractivity contribution in [1.82, 2.24) is 0 Å². The van der Waals surface area contributed by atoms with Crippen LogP contribution in [0.5, 0.6) is 0 Å². The molecule has 0 aromatic heterocycles. The zero-order chi connectivity index (χ0) is 34.0. The average molecular weight is 641 g/mol. The van der Waals surface area contributed by atoms with Crippen molar-refractivity contribution in [3.8, 4) is 18.2 Å². The van der Waals surface area contributed by atoms with Crippen LogP contribution in [-0.2, 0) is 0 Å². The van der Waals surface area contributed by atoms with Gasteiger partial charge in [0, 0.05) is 22.3 Å². The summed E-state index contributed by atoms with van der Waals surface area (Å²) in [6.45, 7) is 0.578. The highest BCUT2D eigenvalue weighted by atomic mass is 19.2. The third-order valence-corrected chi connectivity index (χ3v) is 6.61. The Labute approximate surface area is 242 Å². The van der Waals surface area contributed by atoms with Crippen molar-refractivity contribution < 1.29 is 52.7 Å². The van der Waals surface area contributed by atoms with Crippen molar-refractivity contribution in [2.24, 2.45) is 5.73 Å². The summed E-state index contributed by atoms with van der Waals surface area (Å²) in [7, 11) is 0. The van der Waals surface area contributed by atoms with Crippen LogP contribution in [0, 0.1) is 111 Å². The molecule has 5 nitrogen and oxygen atoms in total. The van der Waals surface area contributed by atoms with Crippen LogP contribution in [0.1, 0.15) is 27.8 Å². The summed E-state index contributed by atoms with van der Waals surface area (Å²) < 4.78 is 176. The molecule has 0 atom stereocenters. The van der Waals surface area contributed by atoms with E-state index in [9.17, 15) is 63.2 Å². The molecule has 228 valence electrons. The van der Waals surface area contributed by atoms with Crippen LogP contribution in [0.3, 0.4) is 0 Å². The van der Waals surface area contributed by atoms with Crippen LogP contribution in [0.2, 0.25) is 0 Å². The molecule has 0 unspecified atom stereocenters. The number of allylic oxidation sites excluding steroid dienone is 5. The Morgan fingerprint density at radius 3 is 1.16 bits per heavy atom. The second kappa shape index (κ2) is 11.0. The lowest BCUT2D eigenvalue weighted by atomic mass is 9.99. The molecule has 4 rings (SSSR count). The van der Waals surface area contributed by atoms with Gasteiger partial charge in [0.05, 0.1) is 33.5 Å². The number of nitrogens with two attached hydrogens (primary N) is 2. The SMILES string of the molecule is Cc1c(F)c(F)c(C(C#N)=C2C(=C(C#N)c3c(F)c(F)c(N)c(F)c3F)C2=C(N)c2c(F)c(F)c(C#N)c(F)c2F)c(F)c1F. The fourth-order valence-electron chi connectivity index (χ4n) is 4.35. The molecule has 0 amide bonds. The normalized spacial score (nSPS) is 15.7. The molecule has 45 heavy (non-hydrogen) atoms. The number of benzene rings is 3. The van der Waals surface area contributed by atoms with Crippen molar-refractivity contribution in [3.05, 3.63) is 114 Å². The van der Waals surface area contributed by atoms with Gasteiger partial charge in [-0.2, -0.15) is 15.8 Å². The van der Waals surface area contributed by atoms with Crippen LogP contribution in [-0.4, -0.2) is 0 Å². The number of nitriles is 3. The maximum Gasteiger partial charge on any atom is 0.185 e. The Morgan fingerprint density at radius 1 is 0.489 bits per heavy atom. The van der Waals surface area contributed by atoms with Crippen molar-refractivity contribution >= 4 is 22.5 Å². The monoisotopic (exact) mass is 641 g/mol. The summed E-state index contributed by atoms with van der Waals surface area (Å²) >= 11 is 0. The molecular formula is C28H7F12N5. The molecule has 0 bridgehead atoms. The molecule has 17 heteroatoms. The van der Waals surface area contributed by atoms with Gasteiger partial charge in [0.25, 0.3) is 0 Å². The molecule has 0 heterocycles. The zero-order valence-electron chi connectivity index (χ0n) is 21.5. The fourth-order valence-corrected chi connectivity index (χ4v) is 4.35. The smallest absolute Gasteiger partial charge is 0.185 e. The minimum atomic E-state index is -2.40. The zero-order valence-corrected chi connectivity index (χ0v) is 21.5. The van der Waals surface area contributed by atoms with Crippen molar-refractivity contribution in [2.75, 3.05) is 5.73 Å². The first-order valence-electron chi connectivity index (χ1n) is 11.5. The van der Waals surface area contributed by atoms with Crippen LogP contribution >= 0.6 is 0 Å². The van der Waals surface area contributed by atoms with Gasteiger partial charge >= 0.3 is 0 Å². The Kier molecular flexibility index (Phi) is 7.82. The Morgan fingerprint density at radius 2 is 0.822 bits per heavy atom. The molecule has 1 fully saturated rings. The third kappa shape index (κ3) is 4.41. The fraction of sp³-hybridized carbons (Fsp3) is 0.0357. The van der Waals surface area contributed by atoms with Crippen LogP contribution in [0.15, 0.2) is 16.7 Å². The molecule has 3 aromatic rings. The molecule has 1 aliphatic rings. The number of anilines is 1. The van der Waals surface area contributed by atoms with Crippen LogP contribution < -0.4 is 11.5 Å². The molecule has 1 aliphatic carbocycles. The summed E-state index contributed by atoms with van der Waals surface area (Å²) in [5.74, 6) is -27.5. The topological polar surface area (TPSA) is 123 Å². The number of hydrogen-bond donors (Lipinski definition) is 2. The van der Waals surface area contributed by atoms with E-state index in [1.165, 1.54) is 0 Å². The van der Waals surface area contributed by atoms with E-state index in [-0.39, 0.29) is 0 Å². The number of nitrogens with zero attached hydrogens (tertiary/aromatic N) is 3. The Hall–Kier alpha value is -5.89. The Balaban J connectivity index is 2.32. The number of hydrogen-bond acceptors (Lipinski definition) is 5. The van der Waals surface area contributed by atoms with E-state index >= 15 is 0 Å². The largest absolute Gasteiger partial charge is 0.398 e. The van der Waals surface area contributed by atoms with Gasteiger partial charge in [-0.25, -0.2) is 52.7 Å². The van der Waals surface area contributed by atoms with Gasteiger partial charge in [-0.3, -0.25) is 0 Å². The predicted octanol–water partition coefficient (Wildman–Crippen LogP) is 6.76. The van der Waals surface area contributed by atoms with Gasteiger partial charge in [-0.15, -0.1) is 0 Å². The van der Waals surface area contributed by atoms with E-state index in [1.54, 1.807) is 0 Å². The highest BCUT2D eigenvalue weighted by Gasteiger charge is 2.45. The van der Waals surface area contributed by atoms with E-state index in [0.29, 0.717) is 6.92 Å². The van der Waals surface area contributed by atoms with Gasteiger partial charge in [-0.05, 0) is 6.92 Å². The van der Waals surface area contributed by atoms with E-state index in [0.717, 1.165) is 18.2 Å². The number of halogens is 12. The second-order valence-electron chi connectivity index (χ2n) is 8.93.